The van der Waals surface area contributed by atoms with E-state index in [9.17, 15) is 8.42 Å². The van der Waals surface area contributed by atoms with Crippen LogP contribution in [-0.2, 0) is 16.4 Å². The van der Waals surface area contributed by atoms with Crippen LogP contribution < -0.4 is 0 Å². The van der Waals surface area contributed by atoms with Gasteiger partial charge in [-0.15, -0.1) is 0 Å². The third kappa shape index (κ3) is 3.67. The topological polar surface area (TPSA) is 50.3 Å². The molecule has 1 saturated heterocycles. The van der Waals surface area contributed by atoms with Crippen LogP contribution in [0.5, 0.6) is 0 Å². The molecule has 1 aromatic rings. The Bertz CT molecular complexity index is 511. The molecule has 1 aliphatic heterocycles. The first-order valence-corrected chi connectivity index (χ1v) is 8.30. The van der Waals surface area contributed by atoms with E-state index < -0.39 is 9.84 Å². The van der Waals surface area contributed by atoms with Gasteiger partial charge in [-0.3, -0.25) is 4.90 Å². The maximum absolute atomic E-state index is 11.5. The monoisotopic (exact) mass is 288 g/mol. The largest absolute Gasteiger partial charge is 0.299 e. The zero-order valence-corrected chi connectivity index (χ0v) is 11.9. The van der Waals surface area contributed by atoms with Gasteiger partial charge in [-0.1, -0.05) is 11.6 Å². The average molecular weight is 289 g/mol. The molecule has 6 heteroatoms. The zero-order valence-electron chi connectivity index (χ0n) is 10.3. The molecule has 0 aliphatic carbocycles. The number of nitrogens with zero attached hydrogens (tertiary/aromatic N) is 2. The highest BCUT2D eigenvalue weighted by Crippen LogP contribution is 2.19. The fraction of sp³-hybridized carbons (Fsp3) is 0.583. The number of hydrogen-bond donors (Lipinski definition) is 0. The Morgan fingerprint density at radius 3 is 2.67 bits per heavy atom. The number of aromatic nitrogens is 1. The quantitative estimate of drug-likeness (QED) is 0.795. The average Bonchev–Trinajstić information content (AvgIpc) is 2.28. The fourth-order valence-corrected chi connectivity index (χ4v) is 3.56. The van der Waals surface area contributed by atoms with Gasteiger partial charge in [-0.25, -0.2) is 13.4 Å². The van der Waals surface area contributed by atoms with E-state index in [0.717, 1.165) is 38.0 Å². The zero-order chi connectivity index (χ0) is 13.2. The van der Waals surface area contributed by atoms with Crippen LogP contribution in [0.2, 0.25) is 5.15 Å². The van der Waals surface area contributed by atoms with E-state index >= 15 is 0 Å². The van der Waals surface area contributed by atoms with Gasteiger partial charge in [0, 0.05) is 19.0 Å². The summed E-state index contributed by atoms with van der Waals surface area (Å²) in [4.78, 5) is 6.20. The van der Waals surface area contributed by atoms with Crippen molar-refractivity contribution in [2.75, 3.05) is 19.3 Å². The van der Waals surface area contributed by atoms with E-state index in [1.54, 1.807) is 6.20 Å². The van der Waals surface area contributed by atoms with Gasteiger partial charge in [0.1, 0.15) is 15.0 Å². The van der Waals surface area contributed by atoms with Crippen LogP contribution in [-0.4, -0.2) is 42.9 Å². The molecule has 0 unspecified atom stereocenters. The highest BCUT2D eigenvalue weighted by Gasteiger charge is 2.26. The first kappa shape index (κ1) is 13.8. The van der Waals surface area contributed by atoms with Gasteiger partial charge in [-0.05, 0) is 43.6 Å². The SMILES string of the molecule is CS(=O)(=O)C1CCN(Cc2ccnc(Cl)c2)CC1. The molecule has 2 rings (SSSR count). The second-order valence-corrected chi connectivity index (χ2v) is 7.50. The predicted octanol–water partition coefficient (Wildman–Crippen LogP) is 1.74. The summed E-state index contributed by atoms with van der Waals surface area (Å²) in [5, 5.41) is 0.327. The molecule has 1 fully saturated rings. The van der Waals surface area contributed by atoms with E-state index in [4.69, 9.17) is 11.6 Å². The number of halogens is 1. The Kier molecular flexibility index (Phi) is 4.25. The summed E-state index contributed by atoms with van der Waals surface area (Å²) in [6, 6.07) is 3.79. The van der Waals surface area contributed by atoms with Crippen LogP contribution >= 0.6 is 11.6 Å². The normalized spacial score (nSPS) is 19.0. The highest BCUT2D eigenvalue weighted by atomic mass is 35.5. The van der Waals surface area contributed by atoms with Gasteiger partial charge in [0.05, 0.1) is 5.25 Å². The molecule has 0 spiro atoms. The molecule has 0 radical (unpaired) electrons. The lowest BCUT2D eigenvalue weighted by molar-refractivity contribution is 0.222. The van der Waals surface area contributed by atoms with Gasteiger partial charge < -0.3 is 0 Å². The number of rotatable bonds is 3. The van der Waals surface area contributed by atoms with Crippen LogP contribution in [0.25, 0.3) is 0 Å². The Hall–Kier alpha value is -0.650. The van der Waals surface area contributed by atoms with Crippen molar-refractivity contribution in [2.45, 2.75) is 24.6 Å². The first-order valence-electron chi connectivity index (χ1n) is 5.97. The number of piperidine rings is 1. The summed E-state index contributed by atoms with van der Waals surface area (Å²) in [6.07, 6.45) is 4.46. The standard InChI is InChI=1S/C12H17ClN2O2S/c1-18(16,17)11-3-6-15(7-4-11)9-10-2-5-14-12(13)8-10/h2,5,8,11H,3-4,6-7,9H2,1H3. The van der Waals surface area contributed by atoms with Gasteiger partial charge in [0.2, 0.25) is 0 Å². The highest BCUT2D eigenvalue weighted by molar-refractivity contribution is 7.91. The van der Waals surface area contributed by atoms with Crippen LogP contribution in [0.1, 0.15) is 18.4 Å². The Balaban J connectivity index is 1.91. The second kappa shape index (κ2) is 5.55. The lowest BCUT2D eigenvalue weighted by Crippen LogP contribution is -2.38. The van der Waals surface area contributed by atoms with Crippen molar-refractivity contribution in [1.29, 1.82) is 0 Å². The molecule has 2 heterocycles. The van der Waals surface area contributed by atoms with Gasteiger partial charge >= 0.3 is 0 Å². The molecule has 0 saturated carbocycles. The van der Waals surface area contributed by atoms with Crippen molar-refractivity contribution in [3.05, 3.63) is 29.0 Å². The molecule has 0 bridgehead atoms. The molecular formula is C12H17ClN2O2S. The van der Waals surface area contributed by atoms with Crippen LogP contribution in [0.4, 0.5) is 0 Å². The Morgan fingerprint density at radius 1 is 1.44 bits per heavy atom. The molecule has 100 valence electrons. The molecule has 18 heavy (non-hydrogen) atoms. The number of likely N-dealkylation sites (tertiary alicyclic amines) is 1. The molecule has 4 nitrogen and oxygen atoms in total. The van der Waals surface area contributed by atoms with Gasteiger partial charge in [-0.2, -0.15) is 0 Å². The van der Waals surface area contributed by atoms with E-state index in [0.29, 0.717) is 5.15 Å². The molecule has 0 atom stereocenters. The van der Waals surface area contributed by atoms with E-state index in [2.05, 4.69) is 9.88 Å². The molecule has 0 amide bonds. The van der Waals surface area contributed by atoms with E-state index in [1.165, 1.54) is 6.26 Å². The number of hydrogen-bond acceptors (Lipinski definition) is 4. The van der Waals surface area contributed by atoms with Crippen molar-refractivity contribution in [3.8, 4) is 0 Å². The summed E-state index contributed by atoms with van der Waals surface area (Å²) >= 11 is 5.84. The summed E-state index contributed by atoms with van der Waals surface area (Å²) in [5.41, 5.74) is 1.12. The Labute approximate surface area is 113 Å². The number of pyridine rings is 1. The van der Waals surface area contributed by atoms with Crippen LogP contribution in [0, 0.1) is 0 Å². The second-order valence-electron chi connectivity index (χ2n) is 4.79. The van der Waals surface area contributed by atoms with E-state index in [-0.39, 0.29) is 5.25 Å². The molecule has 0 N–H and O–H groups in total. The third-order valence-electron chi connectivity index (χ3n) is 3.34. The third-order valence-corrected chi connectivity index (χ3v) is 5.23. The molecular weight excluding hydrogens is 272 g/mol. The minimum Gasteiger partial charge on any atom is -0.299 e. The molecule has 0 aromatic carbocycles. The fourth-order valence-electron chi connectivity index (χ4n) is 2.29. The maximum atomic E-state index is 11.5. The summed E-state index contributed by atoms with van der Waals surface area (Å²) in [6.45, 7) is 2.44. The van der Waals surface area contributed by atoms with Crippen molar-refractivity contribution in [2.24, 2.45) is 0 Å². The minimum absolute atomic E-state index is 0.172. The van der Waals surface area contributed by atoms with Crippen LogP contribution in [0.3, 0.4) is 0 Å². The number of sulfone groups is 1. The summed E-state index contributed by atoms with van der Waals surface area (Å²) < 4.78 is 22.9. The molecule has 1 aromatic heterocycles. The molecule has 1 aliphatic rings. The minimum atomic E-state index is -2.89. The van der Waals surface area contributed by atoms with Crippen LogP contribution in [0.15, 0.2) is 18.3 Å². The van der Waals surface area contributed by atoms with Crippen molar-refractivity contribution < 1.29 is 8.42 Å². The smallest absolute Gasteiger partial charge is 0.150 e. The summed E-state index contributed by atoms with van der Waals surface area (Å²) in [5.74, 6) is 0. The van der Waals surface area contributed by atoms with Gasteiger partial charge in [0.15, 0.2) is 0 Å². The first-order chi connectivity index (χ1) is 8.45. The lowest BCUT2D eigenvalue weighted by atomic mass is 10.1. The predicted molar refractivity (Wildman–Crippen MR) is 72.4 cm³/mol. The van der Waals surface area contributed by atoms with Crippen molar-refractivity contribution in [1.82, 2.24) is 9.88 Å². The van der Waals surface area contributed by atoms with E-state index in [1.807, 2.05) is 12.1 Å². The lowest BCUT2D eigenvalue weighted by Gasteiger charge is -2.30. The van der Waals surface area contributed by atoms with Crippen molar-refractivity contribution >= 4 is 21.4 Å². The van der Waals surface area contributed by atoms with Gasteiger partial charge in [0.25, 0.3) is 0 Å². The maximum Gasteiger partial charge on any atom is 0.150 e. The van der Waals surface area contributed by atoms with Crippen molar-refractivity contribution in [3.63, 3.8) is 0 Å². The summed E-state index contributed by atoms with van der Waals surface area (Å²) in [7, 11) is -2.89. The Morgan fingerprint density at radius 2 is 2.11 bits per heavy atom.